The van der Waals surface area contributed by atoms with Crippen LogP contribution < -0.4 is 19.5 Å². The van der Waals surface area contributed by atoms with Crippen molar-refractivity contribution in [3.63, 3.8) is 0 Å². The average Bonchev–Trinajstić information content (AvgIpc) is 2.74. The van der Waals surface area contributed by atoms with E-state index in [1.54, 1.807) is 42.5 Å². The maximum Gasteiger partial charge on any atom is 0.274 e. The minimum atomic E-state index is -3.95. The van der Waals surface area contributed by atoms with E-state index in [2.05, 4.69) is 15.0 Å². The number of rotatable bonds is 7. The molecule has 1 amide bonds. The lowest BCUT2D eigenvalue weighted by atomic mass is 10.2. The van der Waals surface area contributed by atoms with Crippen LogP contribution in [0, 0.1) is 0 Å². The summed E-state index contributed by atoms with van der Waals surface area (Å²) in [5.74, 6) is 0.204. The highest BCUT2D eigenvalue weighted by Crippen LogP contribution is 2.30. The second-order valence-corrected chi connectivity index (χ2v) is 7.52. The molecule has 0 spiro atoms. The van der Waals surface area contributed by atoms with Gasteiger partial charge in [-0.05, 0) is 42.5 Å². The normalized spacial score (nSPS) is 10.8. The molecule has 2 N–H and O–H groups in total. The van der Waals surface area contributed by atoms with Crippen molar-refractivity contribution in [3.8, 4) is 11.5 Å². The number of pyridine rings is 1. The lowest BCUT2D eigenvalue weighted by Crippen LogP contribution is -2.16. The highest BCUT2D eigenvalue weighted by atomic mass is 32.2. The molecule has 8 nitrogen and oxygen atoms in total. The van der Waals surface area contributed by atoms with E-state index in [1.807, 2.05) is 0 Å². The Morgan fingerprint density at radius 1 is 0.897 bits per heavy atom. The number of hydrogen-bond donors (Lipinski definition) is 2. The number of benzene rings is 2. The Balaban J connectivity index is 1.92. The summed E-state index contributed by atoms with van der Waals surface area (Å²) < 4.78 is 38.6. The van der Waals surface area contributed by atoms with Crippen molar-refractivity contribution < 1.29 is 22.7 Å². The summed E-state index contributed by atoms with van der Waals surface area (Å²) >= 11 is 0. The van der Waals surface area contributed by atoms with Crippen LogP contribution in [-0.4, -0.2) is 33.5 Å². The van der Waals surface area contributed by atoms with Gasteiger partial charge in [-0.25, -0.2) is 8.42 Å². The summed E-state index contributed by atoms with van der Waals surface area (Å²) in [6, 6.07) is 15.7. The SMILES string of the molecule is COc1ccc(S(=O)(=O)Nc2ccccc2OC)cc1NC(=O)c1ccccn1. The summed E-state index contributed by atoms with van der Waals surface area (Å²) in [4.78, 5) is 16.3. The van der Waals surface area contributed by atoms with Gasteiger partial charge in [0, 0.05) is 6.20 Å². The number of nitrogens with zero attached hydrogens (tertiary/aromatic N) is 1. The fourth-order valence-corrected chi connectivity index (χ4v) is 3.66. The largest absolute Gasteiger partial charge is 0.495 e. The van der Waals surface area contributed by atoms with Gasteiger partial charge in [0.2, 0.25) is 0 Å². The third kappa shape index (κ3) is 4.64. The second kappa shape index (κ2) is 8.61. The second-order valence-electron chi connectivity index (χ2n) is 5.84. The summed E-state index contributed by atoms with van der Waals surface area (Å²) in [5, 5.41) is 2.63. The Bertz CT molecular complexity index is 1120. The molecule has 0 atom stereocenters. The number of amides is 1. The fourth-order valence-electron chi connectivity index (χ4n) is 2.57. The van der Waals surface area contributed by atoms with Gasteiger partial charge in [-0.2, -0.15) is 0 Å². The molecule has 29 heavy (non-hydrogen) atoms. The minimum Gasteiger partial charge on any atom is -0.495 e. The van der Waals surface area contributed by atoms with Crippen LogP contribution in [0.2, 0.25) is 0 Å². The zero-order valence-electron chi connectivity index (χ0n) is 15.7. The number of ether oxygens (including phenoxy) is 2. The van der Waals surface area contributed by atoms with Gasteiger partial charge in [-0.15, -0.1) is 0 Å². The number of methoxy groups -OCH3 is 2. The van der Waals surface area contributed by atoms with E-state index in [9.17, 15) is 13.2 Å². The first-order valence-corrected chi connectivity index (χ1v) is 9.99. The standard InChI is InChI=1S/C20H19N3O5S/c1-27-18-9-4-3-7-15(18)23-29(25,26)14-10-11-19(28-2)17(13-14)22-20(24)16-8-5-6-12-21-16/h3-13,23H,1-2H3,(H,22,24). The predicted molar refractivity (Wildman–Crippen MR) is 109 cm³/mol. The molecule has 3 aromatic rings. The van der Waals surface area contributed by atoms with Crippen LogP contribution in [0.1, 0.15) is 10.5 Å². The average molecular weight is 413 g/mol. The number of hydrogen-bond acceptors (Lipinski definition) is 6. The zero-order chi connectivity index (χ0) is 20.9. The number of nitrogens with one attached hydrogen (secondary N) is 2. The molecule has 0 bridgehead atoms. The molecule has 2 aromatic carbocycles. The first-order valence-electron chi connectivity index (χ1n) is 8.51. The molecule has 0 fully saturated rings. The Morgan fingerprint density at radius 2 is 1.59 bits per heavy atom. The summed E-state index contributed by atoms with van der Waals surface area (Å²) in [5.41, 5.74) is 0.686. The number of carbonyl (C=O) groups is 1. The predicted octanol–water partition coefficient (Wildman–Crippen LogP) is 3.15. The van der Waals surface area contributed by atoms with Gasteiger partial charge in [0.1, 0.15) is 17.2 Å². The van der Waals surface area contributed by atoms with E-state index in [-0.39, 0.29) is 16.3 Å². The molecule has 150 valence electrons. The molecular weight excluding hydrogens is 394 g/mol. The topological polar surface area (TPSA) is 107 Å². The molecule has 1 aromatic heterocycles. The van der Waals surface area contributed by atoms with Crippen LogP contribution in [-0.2, 0) is 10.0 Å². The third-order valence-electron chi connectivity index (χ3n) is 3.98. The van der Waals surface area contributed by atoms with Crippen molar-refractivity contribution in [3.05, 3.63) is 72.6 Å². The molecule has 0 saturated heterocycles. The highest BCUT2D eigenvalue weighted by molar-refractivity contribution is 7.92. The van der Waals surface area contributed by atoms with E-state index in [4.69, 9.17) is 9.47 Å². The van der Waals surface area contributed by atoms with E-state index >= 15 is 0 Å². The number of sulfonamides is 1. The summed E-state index contributed by atoms with van der Waals surface area (Å²) in [7, 11) is -1.07. The fraction of sp³-hybridized carbons (Fsp3) is 0.100. The molecular formula is C20H19N3O5S. The Labute approximate surface area is 168 Å². The molecule has 0 aliphatic carbocycles. The minimum absolute atomic E-state index is 0.0551. The van der Waals surface area contributed by atoms with Crippen LogP contribution in [0.15, 0.2) is 71.8 Å². The maximum absolute atomic E-state index is 12.8. The van der Waals surface area contributed by atoms with Crippen molar-refractivity contribution in [2.75, 3.05) is 24.3 Å². The molecule has 0 aliphatic heterocycles. The van der Waals surface area contributed by atoms with Crippen LogP contribution in [0.25, 0.3) is 0 Å². The van der Waals surface area contributed by atoms with Crippen molar-refractivity contribution >= 4 is 27.3 Å². The quantitative estimate of drug-likeness (QED) is 0.616. The van der Waals surface area contributed by atoms with Crippen molar-refractivity contribution in [2.45, 2.75) is 4.90 Å². The van der Waals surface area contributed by atoms with E-state index in [0.29, 0.717) is 17.2 Å². The smallest absolute Gasteiger partial charge is 0.274 e. The lowest BCUT2D eigenvalue weighted by Gasteiger charge is -2.14. The third-order valence-corrected chi connectivity index (χ3v) is 5.34. The molecule has 0 aliphatic rings. The Hall–Kier alpha value is -3.59. The first-order chi connectivity index (χ1) is 13.9. The highest BCUT2D eigenvalue weighted by Gasteiger charge is 2.20. The van der Waals surface area contributed by atoms with Gasteiger partial charge in [-0.1, -0.05) is 18.2 Å². The summed E-state index contributed by atoms with van der Waals surface area (Å²) in [6.07, 6.45) is 1.49. The van der Waals surface area contributed by atoms with E-state index in [1.165, 1.54) is 38.6 Å². The number of anilines is 2. The first kappa shape index (κ1) is 20.2. The van der Waals surface area contributed by atoms with Crippen LogP contribution >= 0.6 is 0 Å². The van der Waals surface area contributed by atoms with Gasteiger partial charge in [0.25, 0.3) is 15.9 Å². The van der Waals surface area contributed by atoms with Crippen LogP contribution in [0.5, 0.6) is 11.5 Å². The van der Waals surface area contributed by atoms with Gasteiger partial charge in [0.15, 0.2) is 0 Å². The number of para-hydroxylation sites is 2. The molecule has 9 heteroatoms. The lowest BCUT2D eigenvalue weighted by molar-refractivity contribution is 0.102. The van der Waals surface area contributed by atoms with Gasteiger partial charge in [0.05, 0.1) is 30.5 Å². The van der Waals surface area contributed by atoms with Gasteiger partial charge >= 0.3 is 0 Å². The van der Waals surface area contributed by atoms with Gasteiger partial charge < -0.3 is 14.8 Å². The summed E-state index contributed by atoms with van der Waals surface area (Å²) in [6.45, 7) is 0. The monoisotopic (exact) mass is 413 g/mol. The maximum atomic E-state index is 12.8. The molecule has 0 saturated carbocycles. The van der Waals surface area contributed by atoms with Crippen LogP contribution in [0.3, 0.4) is 0 Å². The van der Waals surface area contributed by atoms with Crippen molar-refractivity contribution in [1.29, 1.82) is 0 Å². The van der Waals surface area contributed by atoms with Crippen molar-refractivity contribution in [2.24, 2.45) is 0 Å². The van der Waals surface area contributed by atoms with Crippen molar-refractivity contribution in [1.82, 2.24) is 4.98 Å². The Morgan fingerprint density at radius 3 is 2.28 bits per heavy atom. The molecule has 0 radical (unpaired) electrons. The van der Waals surface area contributed by atoms with Gasteiger partial charge in [-0.3, -0.25) is 14.5 Å². The Kier molecular flexibility index (Phi) is 5.99. The number of carbonyl (C=O) groups excluding carboxylic acids is 1. The number of aromatic nitrogens is 1. The molecule has 0 unspecified atom stereocenters. The van der Waals surface area contributed by atoms with E-state index in [0.717, 1.165) is 0 Å². The zero-order valence-corrected chi connectivity index (χ0v) is 16.6. The van der Waals surface area contributed by atoms with Crippen LogP contribution in [0.4, 0.5) is 11.4 Å². The van der Waals surface area contributed by atoms with E-state index < -0.39 is 15.9 Å². The molecule has 1 heterocycles. The molecule has 3 rings (SSSR count).